The molecule has 1 atom stereocenters. The Bertz CT molecular complexity index is 111. The van der Waals surface area contributed by atoms with E-state index in [1.54, 1.807) is 11.6 Å². The molecular formula is C3H3N2S-. The van der Waals surface area contributed by atoms with Crippen molar-refractivity contribution >= 4 is 16.2 Å². The fourth-order valence-corrected chi connectivity index (χ4v) is 0.627. The van der Waals surface area contributed by atoms with Gasteiger partial charge in [0.15, 0.2) is 0 Å². The number of nitrogens with one attached hydrogen (secondary N) is 1. The standard InChI is InChI=1S/C3H3N2S/c4-6-2-1-5-3-6/h1-2,4H/q-1. The molecule has 0 bridgehead atoms. The van der Waals surface area contributed by atoms with Gasteiger partial charge in [-0.25, -0.2) is 0 Å². The molecule has 1 N–H and O–H groups in total. The molecule has 1 rings (SSSR count). The summed E-state index contributed by atoms with van der Waals surface area (Å²) in [6, 6.07) is 0. The molecule has 2 nitrogen and oxygen atoms in total. The molecule has 0 aromatic rings. The van der Waals surface area contributed by atoms with Crippen LogP contribution in [0.15, 0.2) is 16.6 Å². The van der Waals surface area contributed by atoms with Crippen LogP contribution in [0.1, 0.15) is 0 Å². The molecule has 0 aromatic heterocycles. The molecule has 1 aliphatic rings. The Balaban J connectivity index is 2.86. The highest BCUT2D eigenvalue weighted by molar-refractivity contribution is 8.02. The van der Waals surface area contributed by atoms with E-state index in [0.29, 0.717) is 0 Å². The lowest BCUT2D eigenvalue weighted by molar-refractivity contribution is 1.65. The minimum atomic E-state index is -0.520. The predicted molar refractivity (Wildman–Crippen MR) is 26.7 cm³/mol. The highest BCUT2D eigenvalue weighted by Crippen LogP contribution is 1.89. The Kier molecular flexibility index (Phi) is 0.837. The van der Waals surface area contributed by atoms with Crippen molar-refractivity contribution in [1.29, 1.82) is 4.78 Å². The molecule has 0 saturated heterocycles. The van der Waals surface area contributed by atoms with Crippen molar-refractivity contribution in [2.24, 2.45) is 4.99 Å². The van der Waals surface area contributed by atoms with Gasteiger partial charge in [-0.2, -0.15) is 0 Å². The number of hydrogen-bond donors (Lipinski definition) is 1. The van der Waals surface area contributed by atoms with Gasteiger partial charge in [-0.15, -0.1) is 16.9 Å². The third-order valence-electron chi connectivity index (χ3n) is 0.423. The van der Waals surface area contributed by atoms with Crippen LogP contribution >= 0.6 is 0 Å². The number of aliphatic imine (C=N–C) groups is 1. The van der Waals surface area contributed by atoms with E-state index in [-0.39, 0.29) is 0 Å². The minimum absolute atomic E-state index is 0.520. The second-order valence-electron chi connectivity index (χ2n) is 0.843. The fraction of sp³-hybridized carbons (Fsp3) is 0. The van der Waals surface area contributed by atoms with Gasteiger partial charge in [0.2, 0.25) is 0 Å². The zero-order chi connectivity index (χ0) is 4.41. The molecule has 32 valence electrons. The predicted octanol–water partition coefficient (Wildman–Crippen LogP) is 0.757. The Labute approximate surface area is 38.5 Å². The summed E-state index contributed by atoms with van der Waals surface area (Å²) >= 11 is 0. The molecular weight excluding hydrogens is 96.1 g/mol. The first-order valence-corrected chi connectivity index (χ1v) is 2.75. The molecule has 0 radical (unpaired) electrons. The molecule has 0 aromatic carbocycles. The van der Waals surface area contributed by atoms with E-state index >= 15 is 0 Å². The van der Waals surface area contributed by atoms with Crippen molar-refractivity contribution < 1.29 is 0 Å². The SMILES string of the molecule is N=S1[C-]=NC=C1. The van der Waals surface area contributed by atoms with Crippen LogP contribution in [-0.2, 0) is 10.7 Å². The number of nitrogens with zero attached hydrogens (tertiary/aromatic N) is 1. The molecule has 1 heterocycles. The van der Waals surface area contributed by atoms with E-state index in [1.807, 2.05) is 0 Å². The van der Waals surface area contributed by atoms with Gasteiger partial charge in [0, 0.05) is 0 Å². The molecule has 1 aliphatic heterocycles. The molecule has 0 saturated carbocycles. The van der Waals surface area contributed by atoms with Crippen LogP contribution in [0, 0.1) is 4.78 Å². The lowest BCUT2D eigenvalue weighted by Crippen LogP contribution is -1.69. The first kappa shape index (κ1) is 3.74. The number of hydrogen-bond acceptors (Lipinski definition) is 2. The van der Waals surface area contributed by atoms with Crippen molar-refractivity contribution in [3.8, 4) is 0 Å². The van der Waals surface area contributed by atoms with E-state index in [1.165, 1.54) is 0 Å². The van der Waals surface area contributed by atoms with Crippen molar-refractivity contribution in [3.63, 3.8) is 0 Å². The minimum Gasteiger partial charge on any atom is -0.450 e. The zero-order valence-electron chi connectivity index (χ0n) is 3.01. The van der Waals surface area contributed by atoms with Crippen LogP contribution in [0.25, 0.3) is 0 Å². The van der Waals surface area contributed by atoms with Gasteiger partial charge in [0.1, 0.15) is 0 Å². The maximum Gasteiger partial charge on any atom is -0.0952 e. The monoisotopic (exact) mass is 99.0 g/mol. The summed E-state index contributed by atoms with van der Waals surface area (Å²) in [6.07, 6.45) is 1.59. The molecule has 0 spiro atoms. The van der Waals surface area contributed by atoms with Crippen LogP contribution in [0.5, 0.6) is 0 Å². The second-order valence-corrected chi connectivity index (χ2v) is 1.97. The van der Waals surface area contributed by atoms with Crippen LogP contribution < -0.4 is 0 Å². The van der Waals surface area contributed by atoms with Crippen LogP contribution in [-0.4, -0.2) is 5.55 Å². The largest absolute Gasteiger partial charge is 0.450 e. The van der Waals surface area contributed by atoms with Crippen LogP contribution in [0.2, 0.25) is 0 Å². The molecule has 1 unspecified atom stereocenters. The summed E-state index contributed by atoms with van der Waals surface area (Å²) in [4.78, 5) is 3.56. The molecule has 6 heavy (non-hydrogen) atoms. The van der Waals surface area contributed by atoms with Gasteiger partial charge in [-0.1, -0.05) is 11.0 Å². The first-order chi connectivity index (χ1) is 2.89. The quantitative estimate of drug-likeness (QED) is 0.435. The summed E-state index contributed by atoms with van der Waals surface area (Å²) in [5.41, 5.74) is 2.53. The van der Waals surface area contributed by atoms with Gasteiger partial charge < -0.3 is 4.99 Å². The Morgan fingerprint density at radius 2 is 2.67 bits per heavy atom. The molecule has 0 amide bonds. The van der Waals surface area contributed by atoms with Crippen LogP contribution in [0.4, 0.5) is 0 Å². The van der Waals surface area contributed by atoms with E-state index in [9.17, 15) is 0 Å². The summed E-state index contributed by atoms with van der Waals surface area (Å²) in [7, 11) is -0.520. The smallest absolute Gasteiger partial charge is 0.0952 e. The van der Waals surface area contributed by atoms with Gasteiger partial charge in [0.25, 0.3) is 0 Å². The van der Waals surface area contributed by atoms with Crippen molar-refractivity contribution in [3.05, 3.63) is 11.6 Å². The topological polar surface area (TPSA) is 36.2 Å². The summed E-state index contributed by atoms with van der Waals surface area (Å²) < 4.78 is 6.87. The highest BCUT2D eigenvalue weighted by Gasteiger charge is 1.69. The Morgan fingerprint density at radius 3 is 2.83 bits per heavy atom. The van der Waals surface area contributed by atoms with E-state index < -0.39 is 10.7 Å². The van der Waals surface area contributed by atoms with Crippen molar-refractivity contribution in [1.82, 2.24) is 0 Å². The highest BCUT2D eigenvalue weighted by atomic mass is 32.2. The fourth-order valence-electron chi connectivity index (χ4n) is 0.209. The average Bonchev–Trinajstić information content (AvgIpc) is 1.86. The lowest BCUT2D eigenvalue weighted by atomic mass is 11.1. The zero-order valence-corrected chi connectivity index (χ0v) is 3.83. The van der Waals surface area contributed by atoms with E-state index in [4.69, 9.17) is 4.78 Å². The van der Waals surface area contributed by atoms with Crippen LogP contribution in [0.3, 0.4) is 0 Å². The van der Waals surface area contributed by atoms with Crippen molar-refractivity contribution in [2.75, 3.05) is 0 Å². The summed E-state index contributed by atoms with van der Waals surface area (Å²) in [5.74, 6) is 0. The number of rotatable bonds is 0. The maximum atomic E-state index is 6.87. The van der Waals surface area contributed by atoms with E-state index in [2.05, 4.69) is 10.5 Å². The first-order valence-electron chi connectivity index (χ1n) is 1.46. The van der Waals surface area contributed by atoms with E-state index in [0.717, 1.165) is 0 Å². The third-order valence-corrected chi connectivity index (χ3v) is 1.12. The van der Waals surface area contributed by atoms with Gasteiger partial charge in [-0.3, -0.25) is 4.78 Å². The average molecular weight is 99.1 g/mol. The third kappa shape index (κ3) is 0.542. The van der Waals surface area contributed by atoms with Gasteiger partial charge >= 0.3 is 0 Å². The summed E-state index contributed by atoms with van der Waals surface area (Å²) in [5, 5.41) is 1.69. The van der Waals surface area contributed by atoms with Gasteiger partial charge in [-0.05, 0) is 0 Å². The molecule has 0 aliphatic carbocycles. The Morgan fingerprint density at radius 1 is 1.83 bits per heavy atom. The molecule has 3 heteroatoms. The normalized spacial score (nSPS) is 29.0. The Hall–Kier alpha value is -0.440. The maximum absolute atomic E-state index is 6.87. The summed E-state index contributed by atoms with van der Waals surface area (Å²) in [6.45, 7) is 0. The van der Waals surface area contributed by atoms with Crippen molar-refractivity contribution in [2.45, 2.75) is 0 Å². The second kappa shape index (κ2) is 1.34. The molecule has 0 fully saturated rings. The lowest BCUT2D eigenvalue weighted by Gasteiger charge is -1.81. The van der Waals surface area contributed by atoms with Gasteiger partial charge in [0.05, 0.1) is 0 Å².